The molecule has 0 spiro atoms. The molecule has 1 aromatic carbocycles. The number of methoxy groups -OCH3 is 1. The normalized spacial score (nSPS) is 10.0. The van der Waals surface area contributed by atoms with Crippen LogP contribution in [0, 0.1) is 3.57 Å². The summed E-state index contributed by atoms with van der Waals surface area (Å²) in [5.41, 5.74) is 0.483. The molecule has 0 aliphatic heterocycles. The van der Waals surface area contributed by atoms with Crippen molar-refractivity contribution in [1.82, 2.24) is 5.32 Å². The number of hydrogen-bond acceptors (Lipinski definition) is 4. The average Bonchev–Trinajstić information content (AvgIpc) is 2.36. The first-order valence-electron chi connectivity index (χ1n) is 5.53. The predicted octanol–water partition coefficient (Wildman–Crippen LogP) is 1.42. The molecule has 5 nitrogen and oxygen atoms in total. The Labute approximate surface area is 120 Å². The van der Waals surface area contributed by atoms with Crippen molar-refractivity contribution in [1.29, 1.82) is 0 Å². The van der Waals surface area contributed by atoms with Crippen molar-refractivity contribution in [3.8, 4) is 11.5 Å². The first-order valence-corrected chi connectivity index (χ1v) is 6.61. The monoisotopic (exact) mass is 365 g/mol. The molecular weight excluding hydrogens is 349 g/mol. The van der Waals surface area contributed by atoms with Gasteiger partial charge in [-0.15, -0.1) is 0 Å². The minimum Gasteiger partial charge on any atom is -0.492 e. The van der Waals surface area contributed by atoms with Gasteiger partial charge in [-0.2, -0.15) is 0 Å². The highest BCUT2D eigenvalue weighted by Gasteiger charge is 2.14. The van der Waals surface area contributed by atoms with Crippen LogP contribution in [0.2, 0.25) is 0 Å². The molecule has 1 rings (SSSR count). The quantitative estimate of drug-likeness (QED) is 0.749. The third-order valence-corrected chi connectivity index (χ3v) is 2.97. The summed E-state index contributed by atoms with van der Waals surface area (Å²) in [6.07, 6.45) is 0. The van der Waals surface area contributed by atoms with Gasteiger partial charge >= 0.3 is 0 Å². The Hall–Kier alpha value is -1.02. The second-order valence-corrected chi connectivity index (χ2v) is 4.56. The molecule has 0 heterocycles. The van der Waals surface area contributed by atoms with E-state index in [1.165, 1.54) is 0 Å². The Balaban J connectivity index is 3.03. The minimum absolute atomic E-state index is 0.0860. The second kappa shape index (κ2) is 7.42. The Bertz CT molecular complexity index is 423. The van der Waals surface area contributed by atoms with Crippen molar-refractivity contribution in [3.63, 3.8) is 0 Å². The fourth-order valence-electron chi connectivity index (χ4n) is 1.43. The lowest BCUT2D eigenvalue weighted by molar-refractivity contribution is 0.0944. The smallest absolute Gasteiger partial charge is 0.251 e. The summed E-state index contributed by atoms with van der Waals surface area (Å²) in [5, 5.41) is 11.3. The van der Waals surface area contributed by atoms with E-state index in [0.717, 1.165) is 3.57 Å². The van der Waals surface area contributed by atoms with Gasteiger partial charge in [-0.3, -0.25) is 4.79 Å². The molecule has 2 N–H and O–H groups in total. The zero-order chi connectivity index (χ0) is 13.5. The van der Waals surface area contributed by atoms with Crippen molar-refractivity contribution in [2.75, 3.05) is 26.9 Å². The summed E-state index contributed by atoms with van der Waals surface area (Å²) in [5.74, 6) is 0.919. The number of carbonyl (C=O) groups excluding carboxylic acids is 1. The van der Waals surface area contributed by atoms with Gasteiger partial charge in [0.25, 0.3) is 5.91 Å². The molecule has 18 heavy (non-hydrogen) atoms. The number of amides is 1. The Morgan fingerprint density at radius 3 is 2.78 bits per heavy atom. The highest BCUT2D eigenvalue weighted by molar-refractivity contribution is 14.1. The van der Waals surface area contributed by atoms with Gasteiger partial charge < -0.3 is 19.9 Å². The van der Waals surface area contributed by atoms with Crippen LogP contribution >= 0.6 is 22.6 Å². The van der Waals surface area contributed by atoms with Crippen LogP contribution in [-0.2, 0) is 0 Å². The third-order valence-electron chi connectivity index (χ3n) is 2.17. The highest BCUT2D eigenvalue weighted by atomic mass is 127. The van der Waals surface area contributed by atoms with Crippen LogP contribution in [0.1, 0.15) is 17.3 Å². The number of hydrogen-bond donors (Lipinski definition) is 2. The van der Waals surface area contributed by atoms with E-state index in [0.29, 0.717) is 23.7 Å². The number of rotatable bonds is 6. The Kier molecular flexibility index (Phi) is 6.20. The summed E-state index contributed by atoms with van der Waals surface area (Å²) in [6, 6.07) is 3.35. The van der Waals surface area contributed by atoms with E-state index in [2.05, 4.69) is 27.9 Å². The molecule has 6 heteroatoms. The number of nitrogens with one attached hydrogen (secondary N) is 1. The maximum Gasteiger partial charge on any atom is 0.251 e. The predicted molar refractivity (Wildman–Crippen MR) is 76.3 cm³/mol. The molecule has 100 valence electrons. The molecule has 0 fully saturated rings. The van der Waals surface area contributed by atoms with Crippen LogP contribution in [0.15, 0.2) is 12.1 Å². The van der Waals surface area contributed by atoms with Crippen molar-refractivity contribution in [2.45, 2.75) is 6.92 Å². The number of aliphatic hydroxyl groups is 1. The van der Waals surface area contributed by atoms with E-state index in [4.69, 9.17) is 14.6 Å². The molecule has 0 bridgehead atoms. The summed E-state index contributed by atoms with van der Waals surface area (Å²) >= 11 is 2.09. The largest absolute Gasteiger partial charge is 0.492 e. The van der Waals surface area contributed by atoms with Crippen LogP contribution in [-0.4, -0.2) is 37.9 Å². The molecule has 1 aromatic rings. The number of carbonyl (C=O) groups is 1. The van der Waals surface area contributed by atoms with Crippen LogP contribution in [0.5, 0.6) is 11.5 Å². The number of halogens is 1. The lowest BCUT2D eigenvalue weighted by Crippen LogP contribution is -2.26. The molecule has 0 aliphatic rings. The maximum atomic E-state index is 11.8. The fraction of sp³-hybridized carbons (Fsp3) is 0.417. The lowest BCUT2D eigenvalue weighted by Gasteiger charge is -2.13. The van der Waals surface area contributed by atoms with Gasteiger partial charge in [-0.1, -0.05) is 0 Å². The topological polar surface area (TPSA) is 67.8 Å². The number of aliphatic hydroxyl groups excluding tert-OH is 1. The summed E-state index contributed by atoms with van der Waals surface area (Å²) in [4.78, 5) is 11.8. The van der Waals surface area contributed by atoms with Crippen LogP contribution in [0.3, 0.4) is 0 Å². The van der Waals surface area contributed by atoms with Gasteiger partial charge in [0.2, 0.25) is 0 Å². The van der Waals surface area contributed by atoms with Crippen molar-refractivity contribution in [2.24, 2.45) is 0 Å². The average molecular weight is 365 g/mol. The van der Waals surface area contributed by atoms with Crippen LogP contribution < -0.4 is 14.8 Å². The van der Waals surface area contributed by atoms with E-state index in [1.807, 2.05) is 6.92 Å². The van der Waals surface area contributed by atoms with Crippen molar-refractivity contribution in [3.05, 3.63) is 21.3 Å². The summed E-state index contributed by atoms with van der Waals surface area (Å²) in [7, 11) is 1.56. The first kappa shape index (κ1) is 15.0. The summed E-state index contributed by atoms with van der Waals surface area (Å²) < 4.78 is 11.5. The second-order valence-electron chi connectivity index (χ2n) is 3.40. The third kappa shape index (κ3) is 3.74. The molecule has 0 saturated carbocycles. The molecular formula is C12H16INO4. The molecule has 0 aromatic heterocycles. The standard InChI is InChI=1S/C12H16INO4/c1-3-18-10-7-8(12(16)14-4-5-15)6-9(13)11(10)17-2/h6-7,15H,3-5H2,1-2H3,(H,14,16). The van der Waals surface area contributed by atoms with Crippen molar-refractivity contribution >= 4 is 28.5 Å². The van der Waals surface area contributed by atoms with E-state index >= 15 is 0 Å². The zero-order valence-corrected chi connectivity index (χ0v) is 12.5. The molecule has 0 unspecified atom stereocenters. The fourth-order valence-corrected chi connectivity index (χ4v) is 2.25. The number of benzene rings is 1. The van der Waals surface area contributed by atoms with Gasteiger partial charge in [0, 0.05) is 12.1 Å². The van der Waals surface area contributed by atoms with E-state index < -0.39 is 0 Å². The summed E-state index contributed by atoms with van der Waals surface area (Å²) in [6.45, 7) is 2.50. The van der Waals surface area contributed by atoms with Gasteiger partial charge in [0.05, 0.1) is 23.9 Å². The van der Waals surface area contributed by atoms with Crippen LogP contribution in [0.4, 0.5) is 0 Å². The Morgan fingerprint density at radius 2 is 2.22 bits per heavy atom. The van der Waals surface area contributed by atoms with Crippen LogP contribution in [0.25, 0.3) is 0 Å². The van der Waals surface area contributed by atoms with Gasteiger partial charge in [-0.05, 0) is 41.6 Å². The highest BCUT2D eigenvalue weighted by Crippen LogP contribution is 2.33. The SMILES string of the molecule is CCOc1cc(C(=O)NCCO)cc(I)c1OC. The molecule has 0 aliphatic carbocycles. The van der Waals surface area contributed by atoms with Gasteiger partial charge in [0.15, 0.2) is 11.5 Å². The molecule has 0 atom stereocenters. The minimum atomic E-state index is -0.245. The maximum absolute atomic E-state index is 11.8. The molecule has 0 radical (unpaired) electrons. The van der Waals surface area contributed by atoms with Gasteiger partial charge in [0.1, 0.15) is 0 Å². The van der Waals surface area contributed by atoms with E-state index in [9.17, 15) is 4.79 Å². The van der Waals surface area contributed by atoms with Gasteiger partial charge in [-0.25, -0.2) is 0 Å². The number of ether oxygens (including phenoxy) is 2. The first-order chi connectivity index (χ1) is 8.63. The molecule has 1 amide bonds. The molecule has 0 saturated heterocycles. The van der Waals surface area contributed by atoms with Crippen molar-refractivity contribution < 1.29 is 19.4 Å². The zero-order valence-electron chi connectivity index (χ0n) is 10.3. The lowest BCUT2D eigenvalue weighted by atomic mass is 10.2. The Morgan fingerprint density at radius 1 is 1.50 bits per heavy atom. The van der Waals surface area contributed by atoms with E-state index in [-0.39, 0.29) is 19.1 Å². The van der Waals surface area contributed by atoms with E-state index in [1.54, 1.807) is 19.2 Å².